The van der Waals surface area contributed by atoms with Crippen LogP contribution in [0.4, 0.5) is 11.4 Å². The number of piperidine rings is 1. The molecule has 0 saturated carbocycles. The number of nitro benzene ring substituents is 1. The van der Waals surface area contributed by atoms with Gasteiger partial charge < -0.3 is 15.0 Å². The van der Waals surface area contributed by atoms with Gasteiger partial charge in [-0.1, -0.05) is 6.07 Å². The molecule has 1 aliphatic heterocycles. The van der Waals surface area contributed by atoms with E-state index in [1.165, 1.54) is 25.3 Å². The number of benzene rings is 1. The van der Waals surface area contributed by atoms with Crippen LogP contribution in [0.25, 0.3) is 5.65 Å². The average molecular weight is 424 g/mol. The number of pyridine rings is 1. The lowest BCUT2D eigenvalue weighted by atomic mass is 9.96. The minimum absolute atomic E-state index is 0.0850. The van der Waals surface area contributed by atoms with E-state index in [4.69, 9.17) is 4.74 Å². The number of rotatable bonds is 7. The summed E-state index contributed by atoms with van der Waals surface area (Å²) in [6, 6.07) is 10.0. The molecule has 0 aliphatic carbocycles. The maximum absolute atomic E-state index is 12.4. The number of nitrogens with one attached hydrogen (secondary N) is 1. The fraction of sp³-hybridized carbons (Fsp3) is 0.381. The van der Waals surface area contributed by atoms with Crippen molar-refractivity contribution in [3.05, 3.63) is 58.5 Å². The minimum atomic E-state index is -0.500. The van der Waals surface area contributed by atoms with E-state index in [2.05, 4.69) is 20.4 Å². The van der Waals surface area contributed by atoms with E-state index in [1.807, 2.05) is 28.8 Å². The first-order chi connectivity index (χ1) is 15.0. The predicted octanol–water partition coefficient (Wildman–Crippen LogP) is 2.85. The van der Waals surface area contributed by atoms with Crippen molar-refractivity contribution in [2.24, 2.45) is 0 Å². The highest BCUT2D eigenvalue weighted by atomic mass is 16.6. The highest BCUT2D eigenvalue weighted by molar-refractivity contribution is 5.92. The lowest BCUT2D eigenvalue weighted by Gasteiger charge is -2.30. The first kappa shape index (κ1) is 20.7. The van der Waals surface area contributed by atoms with E-state index in [0.29, 0.717) is 24.6 Å². The van der Waals surface area contributed by atoms with Crippen LogP contribution in [0.5, 0.6) is 5.75 Å². The Kier molecular flexibility index (Phi) is 6.08. The fourth-order valence-electron chi connectivity index (χ4n) is 3.92. The number of hydrogen-bond acceptors (Lipinski definition) is 7. The highest BCUT2D eigenvalue weighted by Gasteiger charge is 2.24. The summed E-state index contributed by atoms with van der Waals surface area (Å²) in [7, 11) is 1.41. The number of anilines is 1. The molecule has 0 bridgehead atoms. The van der Waals surface area contributed by atoms with Crippen molar-refractivity contribution >= 4 is 22.9 Å². The van der Waals surface area contributed by atoms with Gasteiger partial charge >= 0.3 is 0 Å². The van der Waals surface area contributed by atoms with Crippen molar-refractivity contribution in [3.63, 3.8) is 0 Å². The average Bonchev–Trinajstić information content (AvgIpc) is 3.22. The third-order valence-corrected chi connectivity index (χ3v) is 5.62. The van der Waals surface area contributed by atoms with E-state index >= 15 is 0 Å². The Labute approximate surface area is 179 Å². The summed E-state index contributed by atoms with van der Waals surface area (Å²) in [5, 5.41) is 22.3. The molecule has 1 amide bonds. The second-order valence-corrected chi connectivity index (χ2v) is 7.54. The van der Waals surface area contributed by atoms with E-state index < -0.39 is 4.92 Å². The molecule has 1 saturated heterocycles. The number of non-ortho nitro benzene ring substituents is 1. The smallest absolute Gasteiger partial charge is 0.273 e. The zero-order chi connectivity index (χ0) is 21.8. The Bertz CT molecular complexity index is 1090. The Morgan fingerprint density at radius 3 is 2.81 bits per heavy atom. The summed E-state index contributed by atoms with van der Waals surface area (Å²) in [5.74, 6) is 1.46. The van der Waals surface area contributed by atoms with Crippen molar-refractivity contribution in [2.75, 3.05) is 32.1 Å². The van der Waals surface area contributed by atoms with Crippen LogP contribution < -0.4 is 10.1 Å². The van der Waals surface area contributed by atoms with E-state index in [-0.39, 0.29) is 17.3 Å². The molecule has 0 atom stereocenters. The third kappa shape index (κ3) is 4.64. The first-order valence-corrected chi connectivity index (χ1v) is 10.2. The van der Waals surface area contributed by atoms with E-state index in [0.717, 1.165) is 37.4 Å². The Morgan fingerprint density at radius 1 is 1.26 bits per heavy atom. The lowest BCUT2D eigenvalue weighted by Crippen LogP contribution is -2.35. The van der Waals surface area contributed by atoms with Gasteiger partial charge in [0.25, 0.3) is 5.69 Å². The molecular formula is C21H24N6O4. The number of nitrogens with zero attached hydrogens (tertiary/aromatic N) is 5. The van der Waals surface area contributed by atoms with Crippen LogP contribution in [0.3, 0.4) is 0 Å². The molecule has 162 valence electrons. The first-order valence-electron chi connectivity index (χ1n) is 10.2. The zero-order valence-corrected chi connectivity index (χ0v) is 17.2. The molecule has 0 spiro atoms. The van der Waals surface area contributed by atoms with Crippen molar-refractivity contribution in [1.82, 2.24) is 19.5 Å². The van der Waals surface area contributed by atoms with Gasteiger partial charge in [-0.15, -0.1) is 10.2 Å². The topological polar surface area (TPSA) is 115 Å². The van der Waals surface area contributed by atoms with Gasteiger partial charge in [0.2, 0.25) is 5.91 Å². The molecule has 10 heteroatoms. The molecule has 1 aliphatic rings. The van der Waals surface area contributed by atoms with Gasteiger partial charge in [0.05, 0.1) is 23.8 Å². The monoisotopic (exact) mass is 424 g/mol. The molecule has 0 unspecified atom stereocenters. The molecule has 4 rings (SSSR count). The van der Waals surface area contributed by atoms with Crippen LogP contribution in [0.2, 0.25) is 0 Å². The van der Waals surface area contributed by atoms with Crippen LogP contribution in [0.1, 0.15) is 31.0 Å². The molecule has 31 heavy (non-hydrogen) atoms. The van der Waals surface area contributed by atoms with Crippen molar-refractivity contribution in [3.8, 4) is 5.75 Å². The zero-order valence-electron chi connectivity index (χ0n) is 17.2. The predicted molar refractivity (Wildman–Crippen MR) is 114 cm³/mol. The Hall–Kier alpha value is -3.53. The van der Waals surface area contributed by atoms with Crippen molar-refractivity contribution in [1.29, 1.82) is 0 Å². The number of ether oxygens (including phenoxy) is 1. The standard InChI is InChI=1S/C21H24N6O4/c1-31-18-14-16(27(29)30)5-6-17(18)22-20(28)9-13-25-11-7-15(8-12-25)21-24-23-19-4-2-3-10-26(19)21/h2-6,10,14-15H,7-9,11-13H2,1H3,(H,22,28). The summed E-state index contributed by atoms with van der Waals surface area (Å²) < 4.78 is 7.21. The van der Waals surface area contributed by atoms with Gasteiger partial charge in [-0.25, -0.2) is 0 Å². The van der Waals surface area contributed by atoms with Gasteiger partial charge in [0, 0.05) is 31.1 Å². The summed E-state index contributed by atoms with van der Waals surface area (Å²) in [6.07, 6.45) is 4.26. The molecule has 1 fully saturated rings. The van der Waals surface area contributed by atoms with Gasteiger partial charge in [0.15, 0.2) is 5.65 Å². The largest absolute Gasteiger partial charge is 0.494 e. The molecule has 0 radical (unpaired) electrons. The maximum atomic E-state index is 12.4. The maximum Gasteiger partial charge on any atom is 0.273 e. The summed E-state index contributed by atoms with van der Waals surface area (Å²) >= 11 is 0. The number of amides is 1. The number of likely N-dealkylation sites (tertiary alicyclic amines) is 1. The number of carbonyl (C=O) groups is 1. The fourth-order valence-corrected chi connectivity index (χ4v) is 3.92. The van der Waals surface area contributed by atoms with Crippen LogP contribution in [0.15, 0.2) is 42.6 Å². The lowest BCUT2D eigenvalue weighted by molar-refractivity contribution is -0.384. The van der Waals surface area contributed by atoms with Crippen molar-refractivity contribution in [2.45, 2.75) is 25.2 Å². The summed E-state index contributed by atoms with van der Waals surface area (Å²) in [6.45, 7) is 2.43. The molecule has 1 N–H and O–H groups in total. The van der Waals surface area contributed by atoms with Crippen LogP contribution in [0, 0.1) is 10.1 Å². The third-order valence-electron chi connectivity index (χ3n) is 5.62. The molecular weight excluding hydrogens is 400 g/mol. The van der Waals surface area contributed by atoms with Crippen molar-refractivity contribution < 1.29 is 14.5 Å². The summed E-state index contributed by atoms with van der Waals surface area (Å²) in [5.41, 5.74) is 1.20. The van der Waals surface area contributed by atoms with Gasteiger partial charge in [-0.3, -0.25) is 19.3 Å². The molecule has 10 nitrogen and oxygen atoms in total. The Balaban J connectivity index is 1.28. The quantitative estimate of drug-likeness (QED) is 0.458. The van der Waals surface area contributed by atoms with Crippen LogP contribution in [-0.2, 0) is 4.79 Å². The summed E-state index contributed by atoms with van der Waals surface area (Å²) in [4.78, 5) is 25.1. The van der Waals surface area contributed by atoms with Gasteiger partial charge in [-0.2, -0.15) is 0 Å². The highest BCUT2D eigenvalue weighted by Crippen LogP contribution is 2.29. The number of methoxy groups -OCH3 is 1. The SMILES string of the molecule is COc1cc([N+](=O)[O-])ccc1NC(=O)CCN1CCC(c2nnc3ccccn23)CC1. The Morgan fingerprint density at radius 2 is 2.06 bits per heavy atom. The minimum Gasteiger partial charge on any atom is -0.494 e. The second kappa shape index (κ2) is 9.09. The molecule has 2 aromatic heterocycles. The second-order valence-electron chi connectivity index (χ2n) is 7.54. The normalized spacial score (nSPS) is 15.1. The van der Waals surface area contributed by atoms with Gasteiger partial charge in [-0.05, 0) is 44.1 Å². The van der Waals surface area contributed by atoms with Crippen LogP contribution in [-0.4, -0.2) is 57.1 Å². The molecule has 3 aromatic rings. The van der Waals surface area contributed by atoms with E-state index in [1.54, 1.807) is 0 Å². The van der Waals surface area contributed by atoms with E-state index in [9.17, 15) is 14.9 Å². The molecule has 3 heterocycles. The number of nitro groups is 1. The number of aromatic nitrogens is 3. The van der Waals surface area contributed by atoms with Crippen LogP contribution >= 0.6 is 0 Å². The molecule has 1 aromatic carbocycles. The van der Waals surface area contributed by atoms with Gasteiger partial charge in [0.1, 0.15) is 11.6 Å². The number of carbonyl (C=O) groups excluding carboxylic acids is 1. The number of fused-ring (bicyclic) bond motifs is 1. The number of hydrogen-bond donors (Lipinski definition) is 1.